The van der Waals surface area contributed by atoms with Gasteiger partial charge in [0.25, 0.3) is 5.91 Å². The van der Waals surface area contributed by atoms with Gasteiger partial charge in [0, 0.05) is 13.2 Å². The van der Waals surface area contributed by atoms with Crippen LogP contribution in [0.3, 0.4) is 0 Å². The van der Waals surface area contributed by atoms with E-state index in [1.54, 1.807) is 20.9 Å². The normalized spacial score (nSPS) is 13.4. The highest BCUT2D eigenvalue weighted by molar-refractivity contribution is 7.90. The second kappa shape index (κ2) is 4.65. The monoisotopic (exact) mass is 245 g/mol. The Morgan fingerprint density at radius 3 is 2.69 bits per heavy atom. The zero-order valence-electron chi connectivity index (χ0n) is 9.47. The Kier molecular flexibility index (Phi) is 3.69. The number of hydrogen-bond acceptors (Lipinski definition) is 4. The Morgan fingerprint density at radius 1 is 1.62 bits per heavy atom. The minimum Gasteiger partial charge on any atom is -0.275 e. The molecule has 1 amide bonds. The number of rotatable bonds is 4. The standard InChI is InChI=1S/C9H15N3O3S/c1-4-7(2)16(14,15)11-9(13)8-5-10-12(3)6-8/h5-7H,4H2,1-3H3,(H,11,13)/t7-/m0/s1. The number of aryl methyl sites for hydroxylation is 1. The van der Waals surface area contributed by atoms with Crippen LogP contribution in [0, 0.1) is 0 Å². The molecule has 1 atom stereocenters. The quantitative estimate of drug-likeness (QED) is 0.826. The third-order valence-corrected chi connectivity index (χ3v) is 4.17. The van der Waals surface area contributed by atoms with E-state index in [9.17, 15) is 13.2 Å². The molecule has 0 aliphatic rings. The van der Waals surface area contributed by atoms with Gasteiger partial charge in [0.15, 0.2) is 0 Å². The SMILES string of the molecule is CC[C@H](C)S(=O)(=O)NC(=O)c1cnn(C)c1. The fourth-order valence-corrected chi connectivity index (χ4v) is 2.06. The summed E-state index contributed by atoms with van der Waals surface area (Å²) in [6.45, 7) is 3.30. The first-order chi connectivity index (χ1) is 7.36. The summed E-state index contributed by atoms with van der Waals surface area (Å²) in [5, 5.41) is 3.20. The van der Waals surface area contributed by atoms with Crippen molar-refractivity contribution in [3.8, 4) is 0 Å². The molecule has 1 aromatic rings. The summed E-state index contributed by atoms with van der Waals surface area (Å²) in [5.41, 5.74) is 0.231. The predicted octanol–water partition coefficient (Wildman–Crippen LogP) is 0.278. The van der Waals surface area contributed by atoms with Crippen LogP contribution in [-0.4, -0.2) is 29.4 Å². The van der Waals surface area contributed by atoms with Crippen LogP contribution in [0.2, 0.25) is 0 Å². The van der Waals surface area contributed by atoms with E-state index in [0.717, 1.165) is 0 Å². The number of nitrogens with zero attached hydrogens (tertiary/aromatic N) is 2. The largest absolute Gasteiger partial charge is 0.275 e. The van der Waals surface area contributed by atoms with E-state index in [1.807, 2.05) is 4.72 Å². The maximum atomic E-state index is 11.6. The molecule has 1 aromatic heterocycles. The van der Waals surface area contributed by atoms with Crippen LogP contribution in [0.25, 0.3) is 0 Å². The van der Waals surface area contributed by atoms with Crippen molar-refractivity contribution in [3.63, 3.8) is 0 Å². The summed E-state index contributed by atoms with van der Waals surface area (Å²) in [5.74, 6) is -0.645. The fraction of sp³-hybridized carbons (Fsp3) is 0.556. The van der Waals surface area contributed by atoms with Crippen LogP contribution in [0.5, 0.6) is 0 Å². The van der Waals surface area contributed by atoms with Crippen LogP contribution in [-0.2, 0) is 17.1 Å². The molecule has 1 heterocycles. The molecule has 0 radical (unpaired) electrons. The third-order valence-electron chi connectivity index (χ3n) is 2.31. The van der Waals surface area contributed by atoms with Gasteiger partial charge >= 0.3 is 0 Å². The molecule has 0 aliphatic carbocycles. The number of carbonyl (C=O) groups is 1. The van der Waals surface area contributed by atoms with Gasteiger partial charge in [-0.05, 0) is 13.3 Å². The van der Waals surface area contributed by atoms with Gasteiger partial charge < -0.3 is 0 Å². The van der Waals surface area contributed by atoms with Crippen molar-refractivity contribution < 1.29 is 13.2 Å². The van der Waals surface area contributed by atoms with E-state index >= 15 is 0 Å². The van der Waals surface area contributed by atoms with Gasteiger partial charge in [0.2, 0.25) is 10.0 Å². The van der Waals surface area contributed by atoms with Gasteiger partial charge in [-0.1, -0.05) is 6.92 Å². The topological polar surface area (TPSA) is 81.1 Å². The third kappa shape index (κ3) is 2.82. The molecular formula is C9H15N3O3S. The van der Waals surface area contributed by atoms with Gasteiger partial charge in [-0.3, -0.25) is 9.48 Å². The van der Waals surface area contributed by atoms with E-state index in [4.69, 9.17) is 0 Å². The Hall–Kier alpha value is -1.37. The fourth-order valence-electron chi connectivity index (χ4n) is 1.05. The average molecular weight is 245 g/mol. The van der Waals surface area contributed by atoms with Crippen molar-refractivity contribution in [1.29, 1.82) is 0 Å². The Morgan fingerprint density at radius 2 is 2.25 bits per heavy atom. The van der Waals surface area contributed by atoms with Gasteiger partial charge in [0.1, 0.15) is 0 Å². The van der Waals surface area contributed by atoms with Gasteiger partial charge in [0.05, 0.1) is 17.0 Å². The lowest BCUT2D eigenvalue weighted by atomic mass is 10.4. The molecule has 0 saturated heterocycles. The average Bonchev–Trinajstić information content (AvgIpc) is 2.63. The number of hydrogen-bond donors (Lipinski definition) is 1. The van der Waals surface area contributed by atoms with E-state index < -0.39 is 21.2 Å². The second-order valence-corrected chi connectivity index (χ2v) is 5.70. The lowest BCUT2D eigenvalue weighted by Crippen LogP contribution is -2.36. The molecule has 0 saturated carbocycles. The van der Waals surface area contributed by atoms with Crippen LogP contribution in [0.15, 0.2) is 12.4 Å². The minimum absolute atomic E-state index is 0.231. The predicted molar refractivity (Wildman–Crippen MR) is 59.3 cm³/mol. The van der Waals surface area contributed by atoms with Crippen LogP contribution in [0.4, 0.5) is 0 Å². The Balaban J connectivity index is 2.79. The molecule has 0 unspecified atom stereocenters. The van der Waals surface area contributed by atoms with Crippen molar-refractivity contribution in [2.75, 3.05) is 0 Å². The van der Waals surface area contributed by atoms with Crippen LogP contribution < -0.4 is 4.72 Å². The Bertz CT molecular complexity index is 478. The van der Waals surface area contributed by atoms with Crippen molar-refractivity contribution in [2.24, 2.45) is 7.05 Å². The molecule has 7 heteroatoms. The highest BCUT2D eigenvalue weighted by Crippen LogP contribution is 2.04. The number of aromatic nitrogens is 2. The van der Waals surface area contributed by atoms with Crippen LogP contribution >= 0.6 is 0 Å². The molecule has 1 rings (SSSR count). The molecule has 0 aliphatic heterocycles. The zero-order valence-corrected chi connectivity index (χ0v) is 10.3. The molecule has 0 bridgehead atoms. The summed E-state index contributed by atoms with van der Waals surface area (Å²) in [7, 11) is -1.93. The highest BCUT2D eigenvalue weighted by Gasteiger charge is 2.22. The van der Waals surface area contributed by atoms with Gasteiger partial charge in [-0.2, -0.15) is 5.10 Å². The highest BCUT2D eigenvalue weighted by atomic mass is 32.2. The first kappa shape index (κ1) is 12.7. The summed E-state index contributed by atoms with van der Waals surface area (Å²) in [6, 6.07) is 0. The van der Waals surface area contributed by atoms with E-state index in [1.165, 1.54) is 17.1 Å². The van der Waals surface area contributed by atoms with Crippen molar-refractivity contribution in [2.45, 2.75) is 25.5 Å². The first-order valence-corrected chi connectivity index (χ1v) is 6.46. The first-order valence-electron chi connectivity index (χ1n) is 4.91. The number of amides is 1. The maximum absolute atomic E-state index is 11.6. The molecule has 0 aromatic carbocycles. The molecule has 0 fully saturated rings. The van der Waals surface area contributed by atoms with E-state index in [2.05, 4.69) is 5.10 Å². The second-order valence-electron chi connectivity index (χ2n) is 3.60. The summed E-state index contributed by atoms with van der Waals surface area (Å²) in [4.78, 5) is 11.6. The van der Waals surface area contributed by atoms with Gasteiger partial charge in [-0.15, -0.1) is 0 Å². The molecular weight excluding hydrogens is 230 g/mol. The van der Waals surface area contributed by atoms with Gasteiger partial charge in [-0.25, -0.2) is 13.1 Å². The summed E-state index contributed by atoms with van der Waals surface area (Å²) in [6.07, 6.45) is 3.23. The summed E-state index contributed by atoms with van der Waals surface area (Å²) >= 11 is 0. The number of sulfonamides is 1. The number of carbonyl (C=O) groups excluding carboxylic acids is 1. The molecule has 6 nitrogen and oxygen atoms in total. The van der Waals surface area contributed by atoms with Crippen molar-refractivity contribution in [1.82, 2.24) is 14.5 Å². The molecule has 16 heavy (non-hydrogen) atoms. The molecule has 90 valence electrons. The lowest BCUT2D eigenvalue weighted by Gasteiger charge is -2.10. The van der Waals surface area contributed by atoms with Crippen molar-refractivity contribution in [3.05, 3.63) is 18.0 Å². The zero-order chi connectivity index (χ0) is 12.3. The maximum Gasteiger partial charge on any atom is 0.267 e. The van der Waals surface area contributed by atoms with Crippen molar-refractivity contribution >= 4 is 15.9 Å². The van der Waals surface area contributed by atoms with E-state index in [-0.39, 0.29) is 5.56 Å². The minimum atomic E-state index is -3.59. The molecule has 1 N–H and O–H groups in total. The lowest BCUT2D eigenvalue weighted by molar-refractivity contribution is 0.0981. The number of nitrogens with one attached hydrogen (secondary N) is 1. The molecule has 0 spiro atoms. The van der Waals surface area contributed by atoms with Crippen LogP contribution in [0.1, 0.15) is 30.6 Å². The smallest absolute Gasteiger partial charge is 0.267 e. The van der Waals surface area contributed by atoms with E-state index in [0.29, 0.717) is 6.42 Å². The Labute approximate surface area is 94.7 Å². The summed E-state index contributed by atoms with van der Waals surface area (Å²) < 4.78 is 26.6.